The normalized spacial score (nSPS) is 14.6. The molecule has 0 radical (unpaired) electrons. The van der Waals surface area contributed by atoms with Crippen LogP contribution in [0.5, 0.6) is 0 Å². The summed E-state index contributed by atoms with van der Waals surface area (Å²) in [6, 6.07) is 0. The van der Waals surface area contributed by atoms with Crippen LogP contribution in [0.4, 0.5) is 0 Å². The highest BCUT2D eigenvalue weighted by Gasteiger charge is 2.29. The fraction of sp³-hybridized carbons (Fsp3) is 0.653. The number of phosphoric ester groups is 2. The Bertz CT molecular complexity index is 2940. The van der Waals surface area contributed by atoms with E-state index in [2.05, 4.69) is 215 Å². The molecule has 0 aromatic carbocycles. The standard InChI is InChI=1S/C101H168O16P2/c1-4-7-10-13-16-19-22-25-28-31-34-37-40-42-43-44-45-46-47-48-49-50-51-53-56-57-60-63-66-69-72-75-78-81-84-87-99(104)111-90-96(102)91-113-118(107,108)114-92-97(103)93-115-119(109,110)116-95-98(117-101(106)89-86-83-80-77-74-71-68-65-62-59-54-39-36-33-30-27-24-21-18-15-12-9-6-3)94-112-100(105)88-85-82-79-76-73-70-67-64-61-58-55-52-41-38-35-32-29-26-23-20-17-14-11-8-5-2/h7-12,16-21,25-30,34-39,42-43,52,55,59,61-62,64,96-98,102-103H,4-6,13-15,22-24,31-33,40-41,44-51,53-54,56-58,60,63,65-95H2,1-3H3,(H,107,108)(H,109,110)/b10-7-,11-8-,12-9-,19-16-,20-17-,21-18-,28-25-,29-26-,30-27-,37-34-,38-35-,39-36-,43-42-,55-52-,62-59-,64-61-. The minimum Gasteiger partial charge on any atom is -0.463 e. The van der Waals surface area contributed by atoms with E-state index in [0.29, 0.717) is 19.3 Å². The summed E-state index contributed by atoms with van der Waals surface area (Å²) in [5, 5.41) is 20.7. The molecule has 0 aromatic rings. The summed E-state index contributed by atoms with van der Waals surface area (Å²) in [5.74, 6) is -1.60. The summed E-state index contributed by atoms with van der Waals surface area (Å²) < 4.78 is 61.5. The first-order valence-corrected chi connectivity index (χ1v) is 49.7. The smallest absolute Gasteiger partial charge is 0.463 e. The number of ether oxygens (including phenoxy) is 3. The van der Waals surface area contributed by atoms with E-state index in [0.717, 1.165) is 205 Å². The van der Waals surface area contributed by atoms with Crippen LogP contribution in [0.2, 0.25) is 0 Å². The lowest BCUT2D eigenvalue weighted by atomic mass is 10.0. The average molecular weight is 1700 g/mol. The molecule has 0 bridgehead atoms. The van der Waals surface area contributed by atoms with E-state index in [9.17, 15) is 43.5 Å². The van der Waals surface area contributed by atoms with Crippen LogP contribution < -0.4 is 0 Å². The van der Waals surface area contributed by atoms with Gasteiger partial charge in [0.25, 0.3) is 0 Å². The molecule has 5 atom stereocenters. The molecule has 0 rings (SSSR count). The van der Waals surface area contributed by atoms with Gasteiger partial charge in [0.1, 0.15) is 25.4 Å². The van der Waals surface area contributed by atoms with Crippen molar-refractivity contribution in [2.75, 3.05) is 39.6 Å². The molecule has 678 valence electrons. The molecule has 18 heteroatoms. The monoisotopic (exact) mass is 1700 g/mol. The molecule has 0 saturated heterocycles. The van der Waals surface area contributed by atoms with Crippen LogP contribution >= 0.6 is 15.6 Å². The number of aliphatic hydroxyl groups excluding tert-OH is 2. The summed E-state index contributed by atoms with van der Waals surface area (Å²) in [7, 11) is -9.83. The number of allylic oxidation sites excluding steroid dienone is 32. The van der Waals surface area contributed by atoms with Crippen molar-refractivity contribution in [3.8, 4) is 0 Å². The largest absolute Gasteiger partial charge is 0.472 e. The van der Waals surface area contributed by atoms with Crippen LogP contribution in [0.1, 0.15) is 367 Å². The molecule has 0 amide bonds. The van der Waals surface area contributed by atoms with Gasteiger partial charge in [-0.1, -0.05) is 382 Å². The van der Waals surface area contributed by atoms with Gasteiger partial charge < -0.3 is 34.2 Å². The average Bonchev–Trinajstić information content (AvgIpc) is 0.903. The quantitative estimate of drug-likeness (QED) is 0.0146. The predicted molar refractivity (Wildman–Crippen MR) is 500 cm³/mol. The molecule has 0 saturated carbocycles. The number of carbonyl (C=O) groups is 3. The topological polar surface area (TPSA) is 231 Å². The van der Waals surface area contributed by atoms with Gasteiger partial charge in [-0.05, 0) is 161 Å². The zero-order chi connectivity index (χ0) is 86.5. The van der Waals surface area contributed by atoms with Crippen LogP contribution in [-0.4, -0.2) is 95.9 Å². The first-order valence-electron chi connectivity index (χ1n) is 46.7. The van der Waals surface area contributed by atoms with Crippen LogP contribution in [0.25, 0.3) is 0 Å². The van der Waals surface area contributed by atoms with Crippen molar-refractivity contribution in [1.82, 2.24) is 0 Å². The van der Waals surface area contributed by atoms with Crippen molar-refractivity contribution < 1.29 is 75.8 Å². The van der Waals surface area contributed by atoms with E-state index in [4.69, 9.17) is 32.3 Å². The number of unbranched alkanes of at least 4 members (excludes halogenated alkanes) is 32. The molecule has 0 heterocycles. The van der Waals surface area contributed by atoms with Gasteiger partial charge >= 0.3 is 33.6 Å². The van der Waals surface area contributed by atoms with Crippen molar-refractivity contribution in [2.24, 2.45) is 0 Å². The minimum atomic E-state index is -4.95. The number of hydrogen-bond donors (Lipinski definition) is 4. The van der Waals surface area contributed by atoms with Gasteiger partial charge in [-0.15, -0.1) is 0 Å². The lowest BCUT2D eigenvalue weighted by molar-refractivity contribution is -0.161. The van der Waals surface area contributed by atoms with Crippen LogP contribution in [0.3, 0.4) is 0 Å². The number of phosphoric acid groups is 2. The van der Waals surface area contributed by atoms with Crippen molar-refractivity contribution in [1.29, 1.82) is 0 Å². The molecule has 0 aromatic heterocycles. The van der Waals surface area contributed by atoms with Gasteiger partial charge in [0, 0.05) is 19.3 Å². The van der Waals surface area contributed by atoms with Gasteiger partial charge in [-0.25, -0.2) is 9.13 Å². The highest BCUT2D eigenvalue weighted by Crippen LogP contribution is 2.45. The Morgan fingerprint density at radius 3 is 0.664 bits per heavy atom. The van der Waals surface area contributed by atoms with Crippen molar-refractivity contribution in [3.05, 3.63) is 194 Å². The Hall–Kier alpha value is -5.61. The zero-order valence-corrected chi connectivity index (χ0v) is 76.5. The van der Waals surface area contributed by atoms with Crippen LogP contribution in [0.15, 0.2) is 194 Å². The van der Waals surface area contributed by atoms with Gasteiger partial charge in [0.05, 0.1) is 26.4 Å². The molecule has 119 heavy (non-hydrogen) atoms. The Morgan fingerprint density at radius 1 is 0.235 bits per heavy atom. The van der Waals surface area contributed by atoms with Crippen molar-refractivity contribution >= 4 is 33.6 Å². The maximum Gasteiger partial charge on any atom is 0.472 e. The zero-order valence-electron chi connectivity index (χ0n) is 74.7. The van der Waals surface area contributed by atoms with Gasteiger partial charge in [0.2, 0.25) is 0 Å². The summed E-state index contributed by atoms with van der Waals surface area (Å²) in [6.07, 6.45) is 122. The fourth-order valence-electron chi connectivity index (χ4n) is 12.3. The number of carbonyl (C=O) groups excluding carboxylic acids is 3. The lowest BCUT2D eigenvalue weighted by Crippen LogP contribution is -2.30. The molecule has 0 aliphatic heterocycles. The molecule has 0 aliphatic carbocycles. The second-order valence-electron chi connectivity index (χ2n) is 30.7. The van der Waals surface area contributed by atoms with Gasteiger partial charge in [-0.3, -0.25) is 32.5 Å². The fourth-order valence-corrected chi connectivity index (χ4v) is 13.9. The number of esters is 3. The third kappa shape index (κ3) is 92.9. The van der Waals surface area contributed by atoms with Crippen LogP contribution in [0, 0.1) is 0 Å². The summed E-state index contributed by atoms with van der Waals surface area (Å²) in [4.78, 5) is 59.0. The van der Waals surface area contributed by atoms with Crippen molar-refractivity contribution in [3.63, 3.8) is 0 Å². The molecule has 4 N–H and O–H groups in total. The maximum absolute atomic E-state index is 13.1. The van der Waals surface area contributed by atoms with E-state index in [1.165, 1.54) is 103 Å². The molecular formula is C101H168O16P2. The Labute approximate surface area is 725 Å². The maximum atomic E-state index is 13.1. The third-order valence-corrected chi connectivity index (χ3v) is 21.2. The highest BCUT2D eigenvalue weighted by molar-refractivity contribution is 7.47. The van der Waals surface area contributed by atoms with Gasteiger partial charge in [0.15, 0.2) is 6.10 Å². The molecule has 0 aliphatic rings. The SMILES string of the molecule is CC/C=C\C/C=C\C/C=C\C/C=C\C/C=C\C/C=C\CCCCCCCCC(=O)OCC(COP(=O)(O)OCC(O)COP(=O)(O)OCC(O)COC(=O)CCCCCCCCCCCCCCCCCCCCC/C=C\C/C=C\C/C=C\C/C=C\C/C=C\CC)OC(=O)CCCCCCCCC/C=C\C/C=C\C/C=C\C/C=C\C/C=C\CC. The predicted octanol–water partition coefficient (Wildman–Crippen LogP) is 29.0. The molecule has 0 fully saturated rings. The second kappa shape index (κ2) is 91.6. The first-order chi connectivity index (χ1) is 58.2. The van der Waals surface area contributed by atoms with Crippen molar-refractivity contribution in [2.45, 2.75) is 386 Å². The van der Waals surface area contributed by atoms with E-state index >= 15 is 0 Å². The first kappa shape index (κ1) is 113. The molecule has 16 nitrogen and oxygen atoms in total. The number of hydrogen-bond acceptors (Lipinski definition) is 14. The van der Waals surface area contributed by atoms with E-state index in [-0.39, 0.29) is 19.3 Å². The molecule has 0 spiro atoms. The minimum absolute atomic E-state index is 0.0811. The van der Waals surface area contributed by atoms with E-state index in [1.807, 2.05) is 0 Å². The Balaban J connectivity index is 4.58. The summed E-state index contributed by atoms with van der Waals surface area (Å²) in [6.45, 7) is 2.34. The number of aliphatic hydroxyl groups is 2. The highest BCUT2D eigenvalue weighted by atomic mass is 31.2. The van der Waals surface area contributed by atoms with Crippen LogP contribution in [-0.2, 0) is 55.8 Å². The second-order valence-corrected chi connectivity index (χ2v) is 33.6. The van der Waals surface area contributed by atoms with Gasteiger partial charge in [-0.2, -0.15) is 0 Å². The lowest BCUT2D eigenvalue weighted by Gasteiger charge is -2.21. The molecule has 5 unspecified atom stereocenters. The number of rotatable bonds is 87. The van der Waals surface area contributed by atoms with E-state index < -0.39 is 91.5 Å². The van der Waals surface area contributed by atoms with E-state index in [1.54, 1.807) is 0 Å². The third-order valence-electron chi connectivity index (χ3n) is 19.3. The summed E-state index contributed by atoms with van der Waals surface area (Å²) in [5.41, 5.74) is 0. The summed E-state index contributed by atoms with van der Waals surface area (Å²) >= 11 is 0. The Kier molecular flexibility index (Phi) is 87.3. The molecular weight excluding hydrogens is 1530 g/mol. The Morgan fingerprint density at radius 2 is 0.420 bits per heavy atom.